The normalized spacial score (nSPS) is 12.2. The average Bonchev–Trinajstić information content (AvgIpc) is 2.29. The maximum absolute atomic E-state index is 13.0. The number of ether oxygens (including phenoxy) is 1. The summed E-state index contributed by atoms with van der Waals surface area (Å²) in [6.07, 6.45) is 0. The molecule has 1 unspecified atom stereocenters. The summed E-state index contributed by atoms with van der Waals surface area (Å²) in [5, 5.41) is 2.71. The SMILES string of the molecule is CC(NC(=O)COCCN)c1cccc(F)c1. The Hall–Kier alpha value is -1.46. The fourth-order valence-corrected chi connectivity index (χ4v) is 1.39. The number of carbonyl (C=O) groups is 1. The molecule has 0 fully saturated rings. The van der Waals surface area contributed by atoms with Crippen molar-refractivity contribution < 1.29 is 13.9 Å². The van der Waals surface area contributed by atoms with Crippen molar-refractivity contribution >= 4 is 5.91 Å². The minimum absolute atomic E-state index is 0.0309. The molecule has 17 heavy (non-hydrogen) atoms. The van der Waals surface area contributed by atoms with Gasteiger partial charge in [-0.05, 0) is 24.6 Å². The van der Waals surface area contributed by atoms with E-state index in [4.69, 9.17) is 10.5 Å². The van der Waals surface area contributed by atoms with Gasteiger partial charge in [-0.3, -0.25) is 4.79 Å². The van der Waals surface area contributed by atoms with E-state index < -0.39 is 0 Å². The third kappa shape index (κ3) is 4.93. The van der Waals surface area contributed by atoms with Gasteiger partial charge in [0.25, 0.3) is 0 Å². The summed E-state index contributed by atoms with van der Waals surface area (Å²) in [5.41, 5.74) is 5.94. The molecule has 1 aromatic rings. The third-order valence-corrected chi connectivity index (χ3v) is 2.22. The van der Waals surface area contributed by atoms with Crippen molar-refractivity contribution in [2.24, 2.45) is 5.73 Å². The van der Waals surface area contributed by atoms with Crippen LogP contribution >= 0.6 is 0 Å². The Labute approximate surface area is 100.0 Å². The van der Waals surface area contributed by atoms with Crippen LogP contribution in [0.5, 0.6) is 0 Å². The first kappa shape index (κ1) is 13.6. The van der Waals surface area contributed by atoms with Crippen LogP contribution in [0.2, 0.25) is 0 Å². The molecule has 3 N–H and O–H groups in total. The molecule has 1 rings (SSSR count). The summed E-state index contributed by atoms with van der Waals surface area (Å²) >= 11 is 0. The Bertz CT molecular complexity index is 371. The molecule has 0 saturated carbocycles. The minimum Gasteiger partial charge on any atom is -0.370 e. The number of nitrogens with one attached hydrogen (secondary N) is 1. The Kier molecular flexibility index (Phi) is 5.59. The van der Waals surface area contributed by atoms with Gasteiger partial charge in [0, 0.05) is 6.54 Å². The monoisotopic (exact) mass is 240 g/mol. The van der Waals surface area contributed by atoms with E-state index in [2.05, 4.69) is 5.32 Å². The highest BCUT2D eigenvalue weighted by molar-refractivity contribution is 5.77. The van der Waals surface area contributed by atoms with E-state index in [0.717, 1.165) is 5.56 Å². The van der Waals surface area contributed by atoms with Crippen LogP contribution in [0.1, 0.15) is 18.5 Å². The van der Waals surface area contributed by atoms with Crippen LogP contribution in [-0.2, 0) is 9.53 Å². The number of hydrogen-bond donors (Lipinski definition) is 2. The Morgan fingerprint density at radius 1 is 1.59 bits per heavy atom. The highest BCUT2D eigenvalue weighted by Crippen LogP contribution is 2.12. The third-order valence-electron chi connectivity index (χ3n) is 2.22. The number of benzene rings is 1. The van der Waals surface area contributed by atoms with Crippen molar-refractivity contribution in [2.45, 2.75) is 13.0 Å². The van der Waals surface area contributed by atoms with E-state index in [0.29, 0.717) is 13.2 Å². The fourth-order valence-electron chi connectivity index (χ4n) is 1.39. The highest BCUT2D eigenvalue weighted by Gasteiger charge is 2.09. The van der Waals surface area contributed by atoms with E-state index in [1.807, 2.05) is 0 Å². The van der Waals surface area contributed by atoms with Crippen molar-refractivity contribution in [2.75, 3.05) is 19.8 Å². The first-order valence-corrected chi connectivity index (χ1v) is 5.46. The average molecular weight is 240 g/mol. The van der Waals surface area contributed by atoms with Gasteiger partial charge in [-0.2, -0.15) is 0 Å². The molecule has 0 aliphatic rings. The molecule has 1 aromatic carbocycles. The van der Waals surface area contributed by atoms with E-state index in [1.54, 1.807) is 19.1 Å². The van der Waals surface area contributed by atoms with Crippen LogP contribution in [0, 0.1) is 5.82 Å². The highest BCUT2D eigenvalue weighted by atomic mass is 19.1. The Morgan fingerprint density at radius 3 is 3.00 bits per heavy atom. The summed E-state index contributed by atoms with van der Waals surface area (Å²) in [4.78, 5) is 11.4. The number of halogens is 1. The summed E-state index contributed by atoms with van der Waals surface area (Å²) in [7, 11) is 0. The van der Waals surface area contributed by atoms with Crippen LogP contribution in [-0.4, -0.2) is 25.7 Å². The van der Waals surface area contributed by atoms with Crippen molar-refractivity contribution in [3.8, 4) is 0 Å². The molecule has 0 spiro atoms. The number of carbonyl (C=O) groups excluding carboxylic acids is 1. The lowest BCUT2D eigenvalue weighted by Gasteiger charge is -2.14. The molecule has 94 valence electrons. The van der Waals surface area contributed by atoms with E-state index in [-0.39, 0.29) is 24.4 Å². The van der Waals surface area contributed by atoms with Crippen molar-refractivity contribution in [1.29, 1.82) is 0 Å². The van der Waals surface area contributed by atoms with Gasteiger partial charge < -0.3 is 15.8 Å². The first-order chi connectivity index (χ1) is 8.13. The molecule has 0 aliphatic carbocycles. The maximum atomic E-state index is 13.0. The zero-order valence-electron chi connectivity index (χ0n) is 9.78. The van der Waals surface area contributed by atoms with Crippen molar-refractivity contribution in [3.05, 3.63) is 35.6 Å². The Morgan fingerprint density at radius 2 is 2.35 bits per heavy atom. The molecule has 0 heterocycles. The minimum atomic E-state index is -0.317. The van der Waals surface area contributed by atoms with E-state index in [9.17, 15) is 9.18 Å². The molecule has 4 nitrogen and oxygen atoms in total. The van der Waals surface area contributed by atoms with Gasteiger partial charge in [-0.1, -0.05) is 12.1 Å². The van der Waals surface area contributed by atoms with Crippen LogP contribution in [0.15, 0.2) is 24.3 Å². The van der Waals surface area contributed by atoms with E-state index in [1.165, 1.54) is 12.1 Å². The predicted molar refractivity (Wildman–Crippen MR) is 62.8 cm³/mol. The Balaban J connectivity index is 2.43. The van der Waals surface area contributed by atoms with Gasteiger partial charge in [0.05, 0.1) is 12.6 Å². The van der Waals surface area contributed by atoms with Crippen molar-refractivity contribution in [3.63, 3.8) is 0 Å². The summed E-state index contributed by atoms with van der Waals surface area (Å²) < 4.78 is 18.0. The lowest BCUT2D eigenvalue weighted by Crippen LogP contribution is -2.30. The first-order valence-electron chi connectivity index (χ1n) is 5.46. The molecule has 0 aliphatic heterocycles. The smallest absolute Gasteiger partial charge is 0.246 e. The van der Waals surface area contributed by atoms with Gasteiger partial charge >= 0.3 is 0 Å². The zero-order chi connectivity index (χ0) is 12.7. The van der Waals surface area contributed by atoms with Gasteiger partial charge in [-0.25, -0.2) is 4.39 Å². The van der Waals surface area contributed by atoms with Gasteiger partial charge in [0.2, 0.25) is 5.91 Å². The molecule has 1 amide bonds. The van der Waals surface area contributed by atoms with Crippen LogP contribution in [0.3, 0.4) is 0 Å². The largest absolute Gasteiger partial charge is 0.370 e. The molecule has 0 bridgehead atoms. The lowest BCUT2D eigenvalue weighted by molar-refractivity contribution is -0.126. The molecule has 1 atom stereocenters. The molecule has 0 radical (unpaired) electrons. The summed E-state index contributed by atoms with van der Waals surface area (Å²) in [5.74, 6) is -0.557. The second-order valence-corrected chi connectivity index (χ2v) is 3.69. The second-order valence-electron chi connectivity index (χ2n) is 3.69. The molecular weight excluding hydrogens is 223 g/mol. The molecule has 5 heteroatoms. The van der Waals surface area contributed by atoms with Crippen molar-refractivity contribution in [1.82, 2.24) is 5.32 Å². The van der Waals surface area contributed by atoms with Crippen LogP contribution in [0.4, 0.5) is 4.39 Å². The maximum Gasteiger partial charge on any atom is 0.246 e. The quantitative estimate of drug-likeness (QED) is 0.728. The lowest BCUT2D eigenvalue weighted by atomic mass is 10.1. The number of hydrogen-bond acceptors (Lipinski definition) is 3. The molecule has 0 aromatic heterocycles. The fraction of sp³-hybridized carbons (Fsp3) is 0.417. The molecule has 0 saturated heterocycles. The van der Waals surface area contributed by atoms with Gasteiger partial charge in [0.1, 0.15) is 12.4 Å². The summed E-state index contributed by atoms with van der Waals surface area (Å²) in [6.45, 7) is 2.49. The van der Waals surface area contributed by atoms with Gasteiger partial charge in [0.15, 0.2) is 0 Å². The predicted octanol–water partition coefficient (Wildman–Crippen LogP) is 0.978. The number of amides is 1. The molecular formula is C12H17FN2O2. The van der Waals surface area contributed by atoms with Gasteiger partial charge in [-0.15, -0.1) is 0 Å². The zero-order valence-corrected chi connectivity index (χ0v) is 9.78. The second kappa shape index (κ2) is 6.98. The van der Waals surface area contributed by atoms with E-state index >= 15 is 0 Å². The number of rotatable bonds is 6. The number of nitrogens with two attached hydrogens (primary N) is 1. The summed E-state index contributed by atoms with van der Waals surface area (Å²) in [6, 6.07) is 5.88. The topological polar surface area (TPSA) is 64.3 Å². The van der Waals surface area contributed by atoms with Crippen LogP contribution < -0.4 is 11.1 Å². The van der Waals surface area contributed by atoms with Crippen LogP contribution in [0.25, 0.3) is 0 Å². The standard InChI is InChI=1S/C12H17FN2O2/c1-9(10-3-2-4-11(13)7-10)15-12(16)8-17-6-5-14/h2-4,7,9H,5-6,8,14H2,1H3,(H,15,16).